The van der Waals surface area contributed by atoms with E-state index in [2.05, 4.69) is 17.6 Å². The second kappa shape index (κ2) is 12.3. The first-order valence-electron chi connectivity index (χ1n) is 11.1. The average molecular weight is 434 g/mol. The Morgan fingerprint density at radius 2 is 1.74 bits per heavy atom. The van der Waals surface area contributed by atoms with Gasteiger partial charge in [0.15, 0.2) is 0 Å². The highest BCUT2D eigenvalue weighted by Gasteiger charge is 2.32. The van der Waals surface area contributed by atoms with Gasteiger partial charge in [-0.05, 0) is 64.7 Å². The molecule has 0 fully saturated rings. The molecule has 2 N–H and O–H groups in total. The number of carbonyl (C=O) groups is 3. The predicted molar refractivity (Wildman–Crippen MR) is 123 cm³/mol. The first kappa shape index (κ1) is 26.5. The van der Waals surface area contributed by atoms with Gasteiger partial charge in [-0.25, -0.2) is 4.79 Å². The Hall–Kier alpha value is -2.57. The predicted octanol–water partition coefficient (Wildman–Crippen LogP) is 4.02. The van der Waals surface area contributed by atoms with Crippen LogP contribution >= 0.6 is 0 Å². The maximum absolute atomic E-state index is 13.2. The van der Waals surface area contributed by atoms with Gasteiger partial charge in [0, 0.05) is 13.1 Å². The summed E-state index contributed by atoms with van der Waals surface area (Å²) in [7, 11) is 0. The van der Waals surface area contributed by atoms with E-state index in [-0.39, 0.29) is 18.4 Å². The number of hydrogen-bond acceptors (Lipinski definition) is 4. The Morgan fingerprint density at radius 3 is 2.32 bits per heavy atom. The lowest BCUT2D eigenvalue weighted by molar-refractivity contribution is -0.140. The largest absolute Gasteiger partial charge is 0.444 e. The van der Waals surface area contributed by atoms with Crippen LogP contribution in [-0.4, -0.2) is 48.0 Å². The van der Waals surface area contributed by atoms with Gasteiger partial charge in [-0.3, -0.25) is 9.59 Å². The summed E-state index contributed by atoms with van der Waals surface area (Å²) in [6.45, 7) is 13.8. The number of amides is 3. The first-order chi connectivity index (χ1) is 14.5. The van der Waals surface area contributed by atoms with Crippen molar-refractivity contribution in [3.8, 4) is 0 Å². The van der Waals surface area contributed by atoms with E-state index < -0.39 is 17.7 Å². The number of benzene rings is 1. The molecule has 0 aliphatic heterocycles. The van der Waals surface area contributed by atoms with Crippen molar-refractivity contribution < 1.29 is 19.1 Å². The second-order valence-corrected chi connectivity index (χ2v) is 8.73. The zero-order valence-corrected chi connectivity index (χ0v) is 20.1. The van der Waals surface area contributed by atoms with Crippen LogP contribution in [0.1, 0.15) is 76.6 Å². The van der Waals surface area contributed by atoms with Gasteiger partial charge in [0.05, 0.1) is 0 Å². The van der Waals surface area contributed by atoms with Gasteiger partial charge in [-0.1, -0.05) is 38.0 Å². The molecule has 0 aliphatic rings. The van der Waals surface area contributed by atoms with Gasteiger partial charge in [0.25, 0.3) is 0 Å². The molecule has 0 heterocycles. The van der Waals surface area contributed by atoms with E-state index in [0.717, 1.165) is 36.0 Å². The van der Waals surface area contributed by atoms with Crippen LogP contribution in [0.5, 0.6) is 0 Å². The molecular formula is C24H39N3O4. The molecule has 1 aromatic carbocycles. The number of aryl methyl sites for hydroxylation is 1. The van der Waals surface area contributed by atoms with Crippen molar-refractivity contribution in [2.45, 2.75) is 79.4 Å². The third kappa shape index (κ3) is 8.59. The molecule has 1 aromatic rings. The summed E-state index contributed by atoms with van der Waals surface area (Å²) in [6.07, 6.45) is 2.32. The summed E-state index contributed by atoms with van der Waals surface area (Å²) >= 11 is 0. The van der Waals surface area contributed by atoms with Crippen molar-refractivity contribution in [1.82, 2.24) is 15.5 Å². The van der Waals surface area contributed by atoms with Gasteiger partial charge < -0.3 is 20.3 Å². The lowest BCUT2D eigenvalue weighted by Gasteiger charge is -2.32. The zero-order chi connectivity index (χ0) is 23.6. The van der Waals surface area contributed by atoms with Crippen molar-refractivity contribution >= 4 is 17.9 Å². The molecule has 0 aromatic heterocycles. The van der Waals surface area contributed by atoms with Crippen molar-refractivity contribution in [2.75, 3.05) is 19.6 Å². The molecule has 7 nitrogen and oxygen atoms in total. The number of nitrogens with one attached hydrogen (secondary N) is 2. The molecule has 0 spiro atoms. The summed E-state index contributed by atoms with van der Waals surface area (Å²) in [4.78, 5) is 39.7. The first-order valence-corrected chi connectivity index (χ1v) is 11.1. The molecule has 0 bridgehead atoms. The molecule has 0 saturated carbocycles. The van der Waals surface area contributed by atoms with E-state index in [1.54, 1.807) is 20.8 Å². The highest BCUT2D eigenvalue weighted by Crippen LogP contribution is 2.26. The number of carbonyl (C=O) groups excluding carboxylic acids is 3. The van der Waals surface area contributed by atoms with Gasteiger partial charge >= 0.3 is 6.09 Å². The van der Waals surface area contributed by atoms with E-state index in [9.17, 15) is 14.4 Å². The van der Waals surface area contributed by atoms with E-state index in [4.69, 9.17) is 4.74 Å². The highest BCUT2D eigenvalue weighted by atomic mass is 16.6. The number of rotatable bonds is 10. The molecule has 0 aliphatic carbocycles. The fourth-order valence-electron chi connectivity index (χ4n) is 3.27. The molecule has 31 heavy (non-hydrogen) atoms. The van der Waals surface area contributed by atoms with E-state index >= 15 is 0 Å². The van der Waals surface area contributed by atoms with Gasteiger partial charge in [-0.15, -0.1) is 0 Å². The van der Waals surface area contributed by atoms with Crippen LogP contribution in [0.15, 0.2) is 18.2 Å². The summed E-state index contributed by atoms with van der Waals surface area (Å²) < 4.78 is 5.20. The highest BCUT2D eigenvalue weighted by molar-refractivity contribution is 5.90. The van der Waals surface area contributed by atoms with E-state index in [0.29, 0.717) is 13.1 Å². The quantitative estimate of drug-likeness (QED) is 0.546. The lowest BCUT2D eigenvalue weighted by Crippen LogP contribution is -2.48. The van der Waals surface area contributed by atoms with Crippen LogP contribution in [0.3, 0.4) is 0 Å². The number of alkyl carbamates (subject to hydrolysis) is 1. The topological polar surface area (TPSA) is 87.7 Å². The average Bonchev–Trinajstić information content (AvgIpc) is 2.68. The standard InChI is InChI=1S/C24H39N3O4/c1-8-10-11-15-25-22(29)21(19-14-12-13-17(3)18(19)4)27(9-2)20(28)16-26-23(30)31-24(5,6)7/h12-14,21H,8-11,15-16H2,1-7H3,(H,25,29)(H,26,30). The number of nitrogens with zero attached hydrogens (tertiary/aromatic N) is 1. The Morgan fingerprint density at radius 1 is 1.06 bits per heavy atom. The minimum Gasteiger partial charge on any atom is -0.444 e. The molecule has 1 unspecified atom stereocenters. The van der Waals surface area contributed by atoms with Gasteiger partial charge in [0.2, 0.25) is 11.8 Å². The molecule has 7 heteroatoms. The van der Waals surface area contributed by atoms with Crippen LogP contribution < -0.4 is 10.6 Å². The van der Waals surface area contributed by atoms with Crippen molar-refractivity contribution in [3.05, 3.63) is 34.9 Å². The van der Waals surface area contributed by atoms with Crippen LogP contribution in [0.2, 0.25) is 0 Å². The fourth-order valence-corrected chi connectivity index (χ4v) is 3.27. The molecule has 1 rings (SSSR count). The minimum atomic E-state index is -0.764. The van der Waals surface area contributed by atoms with E-state index in [1.807, 2.05) is 39.0 Å². The Balaban J connectivity index is 3.07. The normalized spacial score (nSPS) is 12.1. The zero-order valence-electron chi connectivity index (χ0n) is 20.1. The maximum atomic E-state index is 13.2. The van der Waals surface area contributed by atoms with Crippen LogP contribution in [-0.2, 0) is 14.3 Å². The number of ether oxygens (including phenoxy) is 1. The molecule has 0 saturated heterocycles. The Labute approximate surface area is 186 Å². The fraction of sp³-hybridized carbons (Fsp3) is 0.625. The Bertz CT molecular complexity index is 756. The van der Waals surface area contributed by atoms with E-state index in [1.165, 1.54) is 4.90 Å². The van der Waals surface area contributed by atoms with Crippen LogP contribution in [0.4, 0.5) is 4.79 Å². The molecule has 174 valence electrons. The summed E-state index contributed by atoms with van der Waals surface area (Å²) in [5.41, 5.74) is 2.16. The van der Waals surface area contributed by atoms with Gasteiger partial charge in [-0.2, -0.15) is 0 Å². The summed E-state index contributed by atoms with van der Waals surface area (Å²) in [5, 5.41) is 5.48. The molecule has 0 radical (unpaired) electrons. The molecular weight excluding hydrogens is 394 g/mol. The smallest absolute Gasteiger partial charge is 0.408 e. The Kier molecular flexibility index (Phi) is 10.5. The third-order valence-electron chi connectivity index (χ3n) is 5.02. The third-order valence-corrected chi connectivity index (χ3v) is 5.02. The molecule has 3 amide bonds. The van der Waals surface area contributed by atoms with Crippen molar-refractivity contribution in [1.29, 1.82) is 0 Å². The number of unbranched alkanes of at least 4 members (excludes halogenated alkanes) is 2. The van der Waals surface area contributed by atoms with Crippen LogP contribution in [0, 0.1) is 13.8 Å². The van der Waals surface area contributed by atoms with Gasteiger partial charge in [0.1, 0.15) is 18.2 Å². The summed E-state index contributed by atoms with van der Waals surface area (Å²) in [6, 6.07) is 5.00. The second-order valence-electron chi connectivity index (χ2n) is 8.73. The van der Waals surface area contributed by atoms with Crippen molar-refractivity contribution in [2.24, 2.45) is 0 Å². The minimum absolute atomic E-state index is 0.211. The SMILES string of the molecule is CCCCCNC(=O)C(c1cccc(C)c1C)N(CC)C(=O)CNC(=O)OC(C)(C)C. The lowest BCUT2D eigenvalue weighted by atomic mass is 9.95. The van der Waals surface area contributed by atoms with Crippen molar-refractivity contribution in [3.63, 3.8) is 0 Å². The summed E-state index contributed by atoms with van der Waals surface area (Å²) in [5.74, 6) is -0.555. The molecule has 1 atom stereocenters. The number of hydrogen-bond donors (Lipinski definition) is 2. The monoisotopic (exact) mass is 433 g/mol. The van der Waals surface area contributed by atoms with Crippen LogP contribution in [0.25, 0.3) is 0 Å². The maximum Gasteiger partial charge on any atom is 0.408 e. The number of likely N-dealkylation sites (N-methyl/N-ethyl adjacent to an activating group) is 1.